The van der Waals surface area contributed by atoms with Gasteiger partial charge < -0.3 is 20.3 Å². The third-order valence-corrected chi connectivity index (χ3v) is 3.29. The molecule has 100 valence electrons. The Morgan fingerprint density at radius 3 is 2.89 bits per heavy atom. The molecule has 0 radical (unpaired) electrons. The van der Waals surface area contributed by atoms with Crippen LogP contribution in [0.5, 0.6) is 0 Å². The maximum atomic E-state index is 6.17. The predicted molar refractivity (Wildman–Crippen MR) is 72.9 cm³/mol. The van der Waals surface area contributed by atoms with Gasteiger partial charge in [-0.15, -0.1) is 0 Å². The average Bonchev–Trinajstić information content (AvgIpc) is 2.86. The van der Waals surface area contributed by atoms with Gasteiger partial charge in [0.1, 0.15) is 5.69 Å². The molecule has 1 saturated heterocycles. The van der Waals surface area contributed by atoms with Crippen LogP contribution in [0.1, 0.15) is 11.6 Å². The number of nitrogen functional groups attached to an aromatic ring is 1. The summed E-state index contributed by atoms with van der Waals surface area (Å²) < 4.78 is 10.4. The van der Waals surface area contributed by atoms with Crippen LogP contribution in [-0.4, -0.2) is 24.9 Å². The van der Waals surface area contributed by atoms with Crippen LogP contribution in [0.2, 0.25) is 5.02 Å². The third kappa shape index (κ3) is 2.73. The summed E-state index contributed by atoms with van der Waals surface area (Å²) in [5, 5.41) is 7.95. The Morgan fingerprint density at radius 1 is 1.32 bits per heavy atom. The monoisotopic (exact) mass is 279 g/mol. The molecule has 1 atom stereocenters. The van der Waals surface area contributed by atoms with E-state index in [4.69, 9.17) is 26.6 Å². The van der Waals surface area contributed by atoms with Crippen molar-refractivity contribution in [3.05, 3.63) is 34.9 Å². The molecule has 0 bridgehead atoms. The first-order valence-corrected chi connectivity index (χ1v) is 6.44. The van der Waals surface area contributed by atoms with Crippen molar-refractivity contribution >= 4 is 17.5 Å². The quantitative estimate of drug-likeness (QED) is 0.882. The number of nitrogens with two attached hydrogens (primary N) is 1. The van der Waals surface area contributed by atoms with E-state index in [1.807, 2.05) is 18.2 Å². The number of nitrogens with one attached hydrogen (secondary N) is 1. The fourth-order valence-corrected chi connectivity index (χ4v) is 2.41. The van der Waals surface area contributed by atoms with Crippen LogP contribution < -0.4 is 11.1 Å². The topological polar surface area (TPSA) is 73.3 Å². The minimum atomic E-state index is 0.149. The molecule has 6 heteroatoms. The summed E-state index contributed by atoms with van der Waals surface area (Å²) in [4.78, 5) is 0. The van der Waals surface area contributed by atoms with Crippen molar-refractivity contribution in [3.63, 3.8) is 0 Å². The molecule has 5 nitrogen and oxygen atoms in total. The van der Waals surface area contributed by atoms with Crippen molar-refractivity contribution in [1.29, 1.82) is 0 Å². The molecule has 2 heterocycles. The molecule has 0 aliphatic carbocycles. The van der Waals surface area contributed by atoms with Crippen molar-refractivity contribution < 1.29 is 9.26 Å². The molecule has 0 amide bonds. The maximum absolute atomic E-state index is 6.17. The van der Waals surface area contributed by atoms with Gasteiger partial charge in [-0.1, -0.05) is 16.8 Å². The number of morpholine rings is 1. The molecular weight excluding hydrogens is 266 g/mol. The van der Waals surface area contributed by atoms with E-state index in [0.717, 1.165) is 24.3 Å². The Hall–Kier alpha value is -1.56. The molecule has 1 aliphatic rings. The highest BCUT2D eigenvalue weighted by molar-refractivity contribution is 6.31. The largest absolute Gasteiger partial charge is 0.378 e. The lowest BCUT2D eigenvalue weighted by atomic mass is 10.0. The van der Waals surface area contributed by atoms with E-state index < -0.39 is 0 Å². The number of hydrogen-bond donors (Lipinski definition) is 2. The van der Waals surface area contributed by atoms with Crippen molar-refractivity contribution in [3.8, 4) is 11.3 Å². The highest BCUT2D eigenvalue weighted by Crippen LogP contribution is 2.28. The predicted octanol–water partition coefficient (Wildman–Crippen LogP) is 2.24. The number of benzene rings is 1. The van der Waals surface area contributed by atoms with E-state index in [1.54, 1.807) is 6.07 Å². The molecule has 2 aromatic rings. The van der Waals surface area contributed by atoms with Crippen LogP contribution >= 0.6 is 11.6 Å². The van der Waals surface area contributed by atoms with Gasteiger partial charge in [0.2, 0.25) is 5.88 Å². The Labute approximate surface area is 115 Å². The number of aromatic nitrogens is 1. The van der Waals surface area contributed by atoms with Crippen LogP contribution in [0.15, 0.2) is 28.8 Å². The van der Waals surface area contributed by atoms with Crippen LogP contribution in [-0.2, 0) is 4.74 Å². The van der Waals surface area contributed by atoms with E-state index in [9.17, 15) is 0 Å². The first-order chi connectivity index (χ1) is 9.22. The minimum absolute atomic E-state index is 0.149. The summed E-state index contributed by atoms with van der Waals surface area (Å²) in [5.74, 6) is 0.288. The Balaban J connectivity index is 1.95. The van der Waals surface area contributed by atoms with Crippen LogP contribution in [0.25, 0.3) is 11.3 Å². The van der Waals surface area contributed by atoms with Gasteiger partial charge in [0.15, 0.2) is 0 Å². The van der Waals surface area contributed by atoms with Gasteiger partial charge in [-0.2, -0.15) is 0 Å². The second kappa shape index (κ2) is 5.21. The molecule has 1 aromatic heterocycles. The molecule has 0 unspecified atom stereocenters. The van der Waals surface area contributed by atoms with Gasteiger partial charge in [-0.05, 0) is 23.8 Å². The van der Waals surface area contributed by atoms with E-state index in [0.29, 0.717) is 17.3 Å². The lowest BCUT2D eigenvalue weighted by molar-refractivity contribution is 0.0769. The van der Waals surface area contributed by atoms with Gasteiger partial charge >= 0.3 is 0 Å². The standard InChI is InChI=1S/C13H14ClN3O2/c14-10-4-8(11-6-13(15)19-17-11)3-9(5-10)12-7-18-2-1-16-12/h3-6,12,16H,1-2,7,15H2/t12-/m0/s1. The molecule has 3 rings (SSSR count). The number of rotatable bonds is 2. The molecule has 1 aromatic carbocycles. The summed E-state index contributed by atoms with van der Waals surface area (Å²) in [6.45, 7) is 2.22. The molecule has 19 heavy (non-hydrogen) atoms. The van der Waals surface area contributed by atoms with E-state index in [2.05, 4.69) is 10.5 Å². The van der Waals surface area contributed by atoms with E-state index in [-0.39, 0.29) is 11.9 Å². The smallest absolute Gasteiger partial charge is 0.222 e. The van der Waals surface area contributed by atoms with Crippen LogP contribution in [0, 0.1) is 0 Å². The van der Waals surface area contributed by atoms with Gasteiger partial charge in [-0.3, -0.25) is 0 Å². The van der Waals surface area contributed by atoms with E-state index in [1.165, 1.54) is 0 Å². The summed E-state index contributed by atoms with van der Waals surface area (Å²) in [7, 11) is 0. The first kappa shape index (κ1) is 12.5. The summed E-state index contributed by atoms with van der Waals surface area (Å²) >= 11 is 6.17. The molecule has 0 saturated carbocycles. The zero-order valence-corrected chi connectivity index (χ0v) is 11.0. The number of halogens is 1. The third-order valence-electron chi connectivity index (χ3n) is 3.07. The minimum Gasteiger partial charge on any atom is -0.378 e. The second-order valence-electron chi connectivity index (χ2n) is 4.47. The van der Waals surface area contributed by atoms with Crippen molar-refractivity contribution in [2.45, 2.75) is 6.04 Å². The first-order valence-electron chi connectivity index (χ1n) is 6.06. The number of ether oxygens (including phenoxy) is 1. The molecular formula is C13H14ClN3O2. The Bertz CT molecular complexity index is 579. The Morgan fingerprint density at radius 2 is 2.21 bits per heavy atom. The normalized spacial score (nSPS) is 19.5. The van der Waals surface area contributed by atoms with Gasteiger partial charge in [0, 0.05) is 23.2 Å². The van der Waals surface area contributed by atoms with Crippen molar-refractivity contribution in [1.82, 2.24) is 10.5 Å². The number of anilines is 1. The molecule has 3 N–H and O–H groups in total. The summed E-state index contributed by atoms with van der Waals surface area (Å²) in [5.41, 5.74) is 8.18. The summed E-state index contributed by atoms with van der Waals surface area (Å²) in [6, 6.07) is 7.62. The lowest BCUT2D eigenvalue weighted by Gasteiger charge is -2.24. The summed E-state index contributed by atoms with van der Waals surface area (Å²) in [6.07, 6.45) is 0. The van der Waals surface area contributed by atoms with Gasteiger partial charge in [0.05, 0.1) is 19.3 Å². The number of hydrogen-bond acceptors (Lipinski definition) is 5. The maximum Gasteiger partial charge on any atom is 0.222 e. The highest BCUT2D eigenvalue weighted by atomic mass is 35.5. The zero-order valence-electron chi connectivity index (χ0n) is 10.2. The van der Waals surface area contributed by atoms with Crippen LogP contribution in [0.4, 0.5) is 5.88 Å². The van der Waals surface area contributed by atoms with Crippen molar-refractivity contribution in [2.75, 3.05) is 25.5 Å². The fraction of sp³-hybridized carbons (Fsp3) is 0.308. The molecule has 1 aliphatic heterocycles. The van der Waals surface area contributed by atoms with Gasteiger partial charge in [0.25, 0.3) is 0 Å². The zero-order chi connectivity index (χ0) is 13.2. The van der Waals surface area contributed by atoms with Crippen LogP contribution in [0.3, 0.4) is 0 Å². The number of nitrogens with zero attached hydrogens (tertiary/aromatic N) is 1. The fourth-order valence-electron chi connectivity index (χ4n) is 2.17. The molecule has 1 fully saturated rings. The highest BCUT2D eigenvalue weighted by Gasteiger charge is 2.17. The lowest BCUT2D eigenvalue weighted by Crippen LogP contribution is -2.34. The van der Waals surface area contributed by atoms with E-state index >= 15 is 0 Å². The van der Waals surface area contributed by atoms with Gasteiger partial charge in [-0.25, -0.2) is 0 Å². The Kier molecular flexibility index (Phi) is 3.42. The SMILES string of the molecule is Nc1cc(-c2cc(Cl)cc([C@@H]3COCCN3)c2)no1. The van der Waals surface area contributed by atoms with Crippen molar-refractivity contribution in [2.24, 2.45) is 0 Å². The second-order valence-corrected chi connectivity index (χ2v) is 4.91. The average molecular weight is 280 g/mol. The molecule has 0 spiro atoms.